The molecule has 0 saturated heterocycles. The number of carbonyl (C=O) groups is 2. The molecule has 0 aliphatic carbocycles. The molecular weight excluding hydrogens is 416 g/mol. The maximum Gasteiger partial charge on any atom is 0.340 e. The van der Waals surface area contributed by atoms with Crippen LogP contribution in [0, 0.1) is 27.7 Å². The van der Waals surface area contributed by atoms with Crippen LogP contribution in [0.4, 0.5) is 0 Å². The second-order valence-electron chi connectivity index (χ2n) is 8.43. The summed E-state index contributed by atoms with van der Waals surface area (Å²) in [6, 6.07) is 12.0. The van der Waals surface area contributed by atoms with E-state index in [0.717, 1.165) is 22.6 Å². The van der Waals surface area contributed by atoms with Crippen molar-refractivity contribution in [3.8, 4) is 5.69 Å². The third-order valence-electron chi connectivity index (χ3n) is 6.16. The van der Waals surface area contributed by atoms with Crippen LogP contribution in [0.3, 0.4) is 0 Å². The Hall–Kier alpha value is -3.80. The van der Waals surface area contributed by atoms with E-state index in [1.807, 2.05) is 19.9 Å². The van der Waals surface area contributed by atoms with Crippen molar-refractivity contribution >= 4 is 18.0 Å². The number of aryl methyl sites for hydroxylation is 3. The molecule has 0 fully saturated rings. The van der Waals surface area contributed by atoms with Gasteiger partial charge in [0.2, 0.25) is 0 Å². The van der Waals surface area contributed by atoms with Gasteiger partial charge in [-0.1, -0.05) is 17.7 Å². The monoisotopic (exact) mass is 444 g/mol. The Morgan fingerprint density at radius 3 is 2.48 bits per heavy atom. The molecule has 33 heavy (non-hydrogen) atoms. The number of allylic oxidation sites excluding steroid dienone is 1. The number of ether oxygens (including phenoxy) is 1. The van der Waals surface area contributed by atoms with Crippen LogP contribution in [0.5, 0.6) is 0 Å². The van der Waals surface area contributed by atoms with Gasteiger partial charge in [-0.05, 0) is 76.1 Å². The molecule has 3 heterocycles. The molecule has 1 aromatic carbocycles. The summed E-state index contributed by atoms with van der Waals surface area (Å²) in [6.45, 7) is 10.2. The number of esters is 1. The molecule has 0 saturated carbocycles. The smallest absolute Gasteiger partial charge is 0.340 e. The summed E-state index contributed by atoms with van der Waals surface area (Å²) in [5.74, 6) is -0.140. The fourth-order valence-electron chi connectivity index (χ4n) is 4.49. The summed E-state index contributed by atoms with van der Waals surface area (Å²) in [6.07, 6.45) is 3.36. The van der Waals surface area contributed by atoms with E-state index in [1.54, 1.807) is 36.3 Å². The third kappa shape index (κ3) is 3.93. The van der Waals surface area contributed by atoms with Crippen LogP contribution in [0.25, 0.3) is 11.8 Å². The molecule has 0 spiro atoms. The standard InChI is InChI=1S/C27H28N2O4/c1-16-9-10-24(17(2)12-16)29-18(3)13-21(19(29)4)14-23-25(27(31)32-6)20(5)28(26(23)30)15-22-8-7-11-33-22/h7-14H,15H2,1-6H3. The summed E-state index contributed by atoms with van der Waals surface area (Å²) in [5, 5.41) is 0. The van der Waals surface area contributed by atoms with Gasteiger partial charge in [0.05, 0.1) is 31.1 Å². The third-order valence-corrected chi connectivity index (χ3v) is 6.16. The lowest BCUT2D eigenvalue weighted by Gasteiger charge is -2.16. The van der Waals surface area contributed by atoms with Crippen molar-refractivity contribution in [2.45, 2.75) is 41.2 Å². The van der Waals surface area contributed by atoms with E-state index in [2.05, 4.69) is 36.6 Å². The first-order valence-corrected chi connectivity index (χ1v) is 10.8. The first kappa shape index (κ1) is 22.4. The second-order valence-corrected chi connectivity index (χ2v) is 8.43. The number of rotatable bonds is 5. The van der Waals surface area contributed by atoms with Crippen LogP contribution in [0.2, 0.25) is 0 Å². The number of hydrogen-bond donors (Lipinski definition) is 0. The van der Waals surface area contributed by atoms with Crippen LogP contribution < -0.4 is 0 Å². The normalized spacial score (nSPS) is 15.2. The zero-order chi connectivity index (χ0) is 23.9. The molecule has 0 atom stereocenters. The predicted molar refractivity (Wildman–Crippen MR) is 127 cm³/mol. The average Bonchev–Trinajstić information content (AvgIpc) is 3.44. The Bertz CT molecular complexity index is 1310. The Labute approximate surface area is 193 Å². The zero-order valence-corrected chi connectivity index (χ0v) is 19.9. The molecule has 3 aromatic rings. The van der Waals surface area contributed by atoms with Gasteiger partial charge < -0.3 is 18.6 Å². The topological polar surface area (TPSA) is 64.7 Å². The maximum atomic E-state index is 13.4. The number of hydrogen-bond acceptors (Lipinski definition) is 4. The van der Waals surface area contributed by atoms with Crippen molar-refractivity contribution in [1.82, 2.24) is 9.47 Å². The number of carbonyl (C=O) groups excluding carboxylic acids is 2. The number of benzene rings is 1. The summed E-state index contributed by atoms with van der Waals surface area (Å²) >= 11 is 0. The fourth-order valence-corrected chi connectivity index (χ4v) is 4.49. The molecular formula is C27H28N2O4. The first-order valence-electron chi connectivity index (χ1n) is 10.8. The van der Waals surface area contributed by atoms with Gasteiger partial charge in [-0.15, -0.1) is 0 Å². The van der Waals surface area contributed by atoms with Gasteiger partial charge in [-0.2, -0.15) is 0 Å². The number of nitrogens with zero attached hydrogens (tertiary/aromatic N) is 2. The van der Waals surface area contributed by atoms with E-state index >= 15 is 0 Å². The molecule has 1 aliphatic heterocycles. The molecule has 1 aliphatic rings. The summed E-state index contributed by atoms with van der Waals surface area (Å²) in [5.41, 5.74) is 7.55. The van der Waals surface area contributed by atoms with E-state index in [1.165, 1.54) is 18.2 Å². The Balaban J connectivity index is 1.80. The Kier molecular flexibility index (Phi) is 5.85. The molecule has 0 radical (unpaired) electrons. The molecule has 1 amide bonds. The molecule has 6 nitrogen and oxygen atoms in total. The molecule has 170 valence electrons. The highest BCUT2D eigenvalue weighted by Crippen LogP contribution is 2.34. The Morgan fingerprint density at radius 1 is 1.09 bits per heavy atom. The van der Waals surface area contributed by atoms with Gasteiger partial charge >= 0.3 is 5.97 Å². The van der Waals surface area contributed by atoms with Crippen molar-refractivity contribution in [3.05, 3.63) is 93.3 Å². The number of amides is 1. The lowest BCUT2D eigenvalue weighted by molar-refractivity contribution is -0.136. The van der Waals surface area contributed by atoms with Gasteiger partial charge in [-0.25, -0.2) is 4.79 Å². The van der Waals surface area contributed by atoms with Gasteiger partial charge in [0.25, 0.3) is 5.91 Å². The van der Waals surface area contributed by atoms with Crippen molar-refractivity contribution in [3.63, 3.8) is 0 Å². The molecule has 6 heteroatoms. The van der Waals surface area contributed by atoms with Gasteiger partial charge in [0.1, 0.15) is 5.76 Å². The summed E-state index contributed by atoms with van der Waals surface area (Å²) in [7, 11) is 1.33. The highest BCUT2D eigenvalue weighted by molar-refractivity contribution is 6.16. The van der Waals surface area contributed by atoms with Crippen molar-refractivity contribution in [2.24, 2.45) is 0 Å². The minimum Gasteiger partial charge on any atom is -0.467 e. The molecule has 2 aromatic heterocycles. The largest absolute Gasteiger partial charge is 0.467 e. The maximum absolute atomic E-state index is 13.4. The minimum absolute atomic E-state index is 0.247. The van der Waals surface area contributed by atoms with E-state index in [4.69, 9.17) is 9.15 Å². The molecule has 0 N–H and O–H groups in total. The highest BCUT2D eigenvalue weighted by Gasteiger charge is 2.37. The Morgan fingerprint density at radius 2 is 1.85 bits per heavy atom. The fraction of sp³-hybridized carbons (Fsp3) is 0.259. The minimum atomic E-state index is -0.530. The molecule has 0 bridgehead atoms. The zero-order valence-electron chi connectivity index (χ0n) is 19.9. The first-order chi connectivity index (χ1) is 15.7. The van der Waals surface area contributed by atoms with Gasteiger partial charge in [0, 0.05) is 22.8 Å². The van der Waals surface area contributed by atoms with E-state index < -0.39 is 5.97 Å². The second kappa shape index (κ2) is 8.62. The lowest BCUT2D eigenvalue weighted by Crippen LogP contribution is -2.24. The van der Waals surface area contributed by atoms with Crippen molar-refractivity contribution in [2.75, 3.05) is 7.11 Å². The van der Waals surface area contributed by atoms with Crippen LogP contribution in [0.15, 0.2) is 63.9 Å². The molecule has 4 rings (SSSR count). The number of methoxy groups -OCH3 is 1. The highest BCUT2D eigenvalue weighted by atomic mass is 16.5. The quantitative estimate of drug-likeness (QED) is 0.402. The number of furan rings is 1. The van der Waals surface area contributed by atoms with Crippen LogP contribution in [0.1, 0.15) is 40.8 Å². The summed E-state index contributed by atoms with van der Waals surface area (Å²) < 4.78 is 12.6. The van der Waals surface area contributed by atoms with E-state index in [9.17, 15) is 9.59 Å². The number of aromatic nitrogens is 1. The van der Waals surface area contributed by atoms with Crippen LogP contribution in [-0.2, 0) is 20.9 Å². The van der Waals surface area contributed by atoms with Crippen LogP contribution >= 0.6 is 0 Å². The van der Waals surface area contributed by atoms with E-state index in [0.29, 0.717) is 17.0 Å². The SMILES string of the molecule is COC(=O)C1=C(C)N(Cc2ccco2)C(=O)C1=Cc1cc(C)n(-c2ccc(C)cc2C)c1C. The predicted octanol–water partition coefficient (Wildman–Crippen LogP) is 5.18. The lowest BCUT2D eigenvalue weighted by atomic mass is 10.0. The average molecular weight is 445 g/mol. The summed E-state index contributed by atoms with van der Waals surface area (Å²) in [4.78, 5) is 27.6. The van der Waals surface area contributed by atoms with Gasteiger partial charge in [-0.3, -0.25) is 4.79 Å². The molecule has 0 unspecified atom stereocenters. The van der Waals surface area contributed by atoms with Crippen molar-refractivity contribution < 1.29 is 18.7 Å². The van der Waals surface area contributed by atoms with Crippen LogP contribution in [-0.4, -0.2) is 28.5 Å². The van der Waals surface area contributed by atoms with Gasteiger partial charge in [0.15, 0.2) is 0 Å². The van der Waals surface area contributed by atoms with E-state index in [-0.39, 0.29) is 18.0 Å². The van der Waals surface area contributed by atoms with Crippen molar-refractivity contribution in [1.29, 1.82) is 0 Å².